The van der Waals surface area contributed by atoms with Gasteiger partial charge >= 0.3 is 0 Å². The van der Waals surface area contributed by atoms with Gasteiger partial charge < -0.3 is 5.11 Å². The average molecular weight is 180 g/mol. The zero-order valence-electron chi connectivity index (χ0n) is 8.71. The third-order valence-electron chi connectivity index (χ3n) is 3.96. The van der Waals surface area contributed by atoms with E-state index in [1.54, 1.807) is 0 Å². The van der Waals surface area contributed by atoms with E-state index < -0.39 is 0 Å². The fourth-order valence-electron chi connectivity index (χ4n) is 3.08. The zero-order chi connectivity index (χ0) is 9.47. The summed E-state index contributed by atoms with van der Waals surface area (Å²) in [7, 11) is 0. The van der Waals surface area contributed by atoms with Crippen LogP contribution in [0, 0.1) is 11.3 Å². The predicted molar refractivity (Wildman–Crippen MR) is 54.4 cm³/mol. The van der Waals surface area contributed by atoms with Crippen molar-refractivity contribution in [3.63, 3.8) is 0 Å². The SMILES string of the molecule is C[C@H]1CCC[C@@]2(C)CC[C@@H](O)C=C12. The molecule has 0 aliphatic heterocycles. The summed E-state index contributed by atoms with van der Waals surface area (Å²) in [4.78, 5) is 0. The topological polar surface area (TPSA) is 20.2 Å². The summed E-state index contributed by atoms with van der Waals surface area (Å²) in [6.07, 6.45) is 8.13. The largest absolute Gasteiger partial charge is 0.389 e. The number of aliphatic hydroxyl groups excluding tert-OH is 1. The second-order valence-corrected chi connectivity index (χ2v) is 5.08. The number of fused-ring (bicyclic) bond motifs is 1. The van der Waals surface area contributed by atoms with Crippen LogP contribution < -0.4 is 0 Å². The summed E-state index contributed by atoms with van der Waals surface area (Å²) in [6, 6.07) is 0. The minimum atomic E-state index is -0.163. The molecule has 0 unspecified atom stereocenters. The molecule has 0 spiro atoms. The molecule has 0 radical (unpaired) electrons. The maximum atomic E-state index is 9.60. The Labute approximate surface area is 80.8 Å². The van der Waals surface area contributed by atoms with Crippen LogP contribution in [0.1, 0.15) is 46.0 Å². The number of allylic oxidation sites excluding steroid dienone is 1. The van der Waals surface area contributed by atoms with Crippen LogP contribution in [0.25, 0.3) is 0 Å². The third-order valence-corrected chi connectivity index (χ3v) is 3.96. The van der Waals surface area contributed by atoms with E-state index in [-0.39, 0.29) is 6.10 Å². The highest BCUT2D eigenvalue weighted by molar-refractivity contribution is 5.23. The van der Waals surface area contributed by atoms with Crippen LogP contribution in [0.4, 0.5) is 0 Å². The van der Waals surface area contributed by atoms with E-state index in [1.165, 1.54) is 31.3 Å². The summed E-state index contributed by atoms with van der Waals surface area (Å²) in [5, 5.41) is 9.60. The molecule has 0 amide bonds. The number of aliphatic hydroxyl groups is 1. The Bertz CT molecular complexity index is 231. The van der Waals surface area contributed by atoms with Gasteiger partial charge in [-0.3, -0.25) is 0 Å². The zero-order valence-corrected chi connectivity index (χ0v) is 8.71. The average Bonchev–Trinajstić information content (AvgIpc) is 2.08. The second kappa shape index (κ2) is 3.13. The first-order chi connectivity index (χ1) is 6.12. The van der Waals surface area contributed by atoms with Crippen LogP contribution in [0.2, 0.25) is 0 Å². The number of hydrogen-bond acceptors (Lipinski definition) is 1. The van der Waals surface area contributed by atoms with E-state index >= 15 is 0 Å². The molecular formula is C12H20O. The highest BCUT2D eigenvalue weighted by atomic mass is 16.3. The molecule has 0 saturated heterocycles. The fourth-order valence-corrected chi connectivity index (χ4v) is 3.08. The van der Waals surface area contributed by atoms with Crippen LogP contribution in [0.15, 0.2) is 11.6 Å². The quantitative estimate of drug-likeness (QED) is 0.568. The Morgan fingerprint density at radius 1 is 1.38 bits per heavy atom. The summed E-state index contributed by atoms with van der Waals surface area (Å²) < 4.78 is 0. The van der Waals surface area contributed by atoms with Crippen LogP contribution in [-0.2, 0) is 0 Å². The van der Waals surface area contributed by atoms with Crippen molar-refractivity contribution in [3.05, 3.63) is 11.6 Å². The van der Waals surface area contributed by atoms with Gasteiger partial charge in [0, 0.05) is 0 Å². The lowest BCUT2D eigenvalue weighted by atomic mass is 9.62. The Hall–Kier alpha value is -0.300. The minimum absolute atomic E-state index is 0.163. The first-order valence-corrected chi connectivity index (χ1v) is 5.52. The van der Waals surface area contributed by atoms with E-state index in [0.29, 0.717) is 11.3 Å². The van der Waals surface area contributed by atoms with Gasteiger partial charge in [-0.15, -0.1) is 0 Å². The molecule has 1 saturated carbocycles. The molecule has 1 heteroatoms. The lowest BCUT2D eigenvalue weighted by Gasteiger charge is -2.43. The van der Waals surface area contributed by atoms with Gasteiger partial charge in [-0.05, 0) is 37.0 Å². The number of rotatable bonds is 0. The van der Waals surface area contributed by atoms with E-state index in [2.05, 4.69) is 19.9 Å². The molecule has 13 heavy (non-hydrogen) atoms. The molecule has 74 valence electrons. The Morgan fingerprint density at radius 2 is 2.15 bits per heavy atom. The van der Waals surface area contributed by atoms with Crippen LogP contribution >= 0.6 is 0 Å². The van der Waals surface area contributed by atoms with Crippen molar-refractivity contribution < 1.29 is 5.11 Å². The molecule has 2 aliphatic rings. The van der Waals surface area contributed by atoms with Gasteiger partial charge in [0.2, 0.25) is 0 Å². The van der Waals surface area contributed by atoms with Crippen LogP contribution in [0.3, 0.4) is 0 Å². The highest BCUT2D eigenvalue weighted by Gasteiger charge is 2.37. The summed E-state index contributed by atoms with van der Waals surface area (Å²) in [6.45, 7) is 4.68. The summed E-state index contributed by atoms with van der Waals surface area (Å²) >= 11 is 0. The molecule has 1 nitrogen and oxygen atoms in total. The maximum absolute atomic E-state index is 9.60. The molecule has 0 aromatic heterocycles. The predicted octanol–water partition coefficient (Wildman–Crippen LogP) is 2.89. The molecule has 0 bridgehead atoms. The van der Waals surface area contributed by atoms with Gasteiger partial charge in [0.05, 0.1) is 6.10 Å². The number of hydrogen-bond donors (Lipinski definition) is 1. The van der Waals surface area contributed by atoms with Crippen molar-refractivity contribution in [2.24, 2.45) is 11.3 Å². The molecule has 1 N–H and O–H groups in total. The highest BCUT2D eigenvalue weighted by Crippen LogP contribution is 2.49. The van der Waals surface area contributed by atoms with Crippen LogP contribution in [0.5, 0.6) is 0 Å². The summed E-state index contributed by atoms with van der Waals surface area (Å²) in [5.74, 6) is 0.702. The van der Waals surface area contributed by atoms with Gasteiger partial charge in [0.25, 0.3) is 0 Å². The van der Waals surface area contributed by atoms with E-state index in [1.807, 2.05) is 0 Å². The molecule has 1 fully saturated rings. The Morgan fingerprint density at radius 3 is 2.92 bits per heavy atom. The van der Waals surface area contributed by atoms with Gasteiger partial charge in [-0.1, -0.05) is 31.9 Å². The van der Waals surface area contributed by atoms with Gasteiger partial charge in [0.15, 0.2) is 0 Å². The van der Waals surface area contributed by atoms with Crippen molar-refractivity contribution in [2.75, 3.05) is 0 Å². The Balaban J connectivity index is 2.29. The first kappa shape index (κ1) is 9.26. The third kappa shape index (κ3) is 1.54. The summed E-state index contributed by atoms with van der Waals surface area (Å²) in [5.41, 5.74) is 1.97. The maximum Gasteiger partial charge on any atom is 0.0724 e. The van der Waals surface area contributed by atoms with E-state index in [9.17, 15) is 5.11 Å². The van der Waals surface area contributed by atoms with E-state index in [0.717, 1.165) is 6.42 Å². The lowest BCUT2D eigenvalue weighted by molar-refractivity contribution is 0.141. The van der Waals surface area contributed by atoms with Gasteiger partial charge in [0.1, 0.15) is 0 Å². The molecule has 0 aromatic rings. The Kier molecular flexibility index (Phi) is 2.23. The van der Waals surface area contributed by atoms with Gasteiger partial charge in [-0.2, -0.15) is 0 Å². The van der Waals surface area contributed by atoms with Crippen molar-refractivity contribution in [3.8, 4) is 0 Å². The normalized spacial score (nSPS) is 45.3. The van der Waals surface area contributed by atoms with Crippen LogP contribution in [-0.4, -0.2) is 11.2 Å². The first-order valence-electron chi connectivity index (χ1n) is 5.52. The lowest BCUT2D eigenvalue weighted by Crippen LogP contribution is -2.33. The molecule has 2 rings (SSSR count). The van der Waals surface area contributed by atoms with Gasteiger partial charge in [-0.25, -0.2) is 0 Å². The molecular weight excluding hydrogens is 160 g/mol. The molecule has 0 aromatic carbocycles. The smallest absolute Gasteiger partial charge is 0.0724 e. The molecule has 3 atom stereocenters. The van der Waals surface area contributed by atoms with Crippen molar-refractivity contribution in [2.45, 2.75) is 52.1 Å². The standard InChI is InChI=1S/C12H20O/c1-9-4-3-6-12(2)7-5-10(13)8-11(9)12/h8-10,13H,3-7H2,1-2H3/t9-,10+,12-/m0/s1. The van der Waals surface area contributed by atoms with Crippen molar-refractivity contribution in [1.29, 1.82) is 0 Å². The minimum Gasteiger partial charge on any atom is -0.389 e. The van der Waals surface area contributed by atoms with E-state index in [4.69, 9.17) is 0 Å². The second-order valence-electron chi connectivity index (χ2n) is 5.08. The molecule has 2 aliphatic carbocycles. The monoisotopic (exact) mass is 180 g/mol. The molecule has 0 heterocycles. The van der Waals surface area contributed by atoms with Crippen molar-refractivity contribution >= 4 is 0 Å². The fraction of sp³-hybridized carbons (Fsp3) is 0.833. The van der Waals surface area contributed by atoms with Crippen molar-refractivity contribution in [1.82, 2.24) is 0 Å².